The molecule has 1 heterocycles. The van der Waals surface area contributed by atoms with Crippen molar-refractivity contribution in [1.29, 1.82) is 0 Å². The van der Waals surface area contributed by atoms with Gasteiger partial charge in [0.15, 0.2) is 0 Å². The third-order valence-electron chi connectivity index (χ3n) is 3.48. The fraction of sp³-hybridized carbons (Fsp3) is 0.923. The molecule has 0 spiro atoms. The molecule has 1 saturated heterocycles. The zero-order valence-electron chi connectivity index (χ0n) is 11.0. The topological polar surface area (TPSA) is 32.8 Å². The average Bonchev–Trinajstić information content (AvgIpc) is 3.11. The van der Waals surface area contributed by atoms with Crippen LogP contribution in [0.5, 0.6) is 0 Å². The molecule has 98 valence electrons. The van der Waals surface area contributed by atoms with Crippen molar-refractivity contribution in [3.63, 3.8) is 0 Å². The van der Waals surface area contributed by atoms with Gasteiger partial charge in [0.05, 0.1) is 6.10 Å². The summed E-state index contributed by atoms with van der Waals surface area (Å²) in [4.78, 5) is 16.3. The molecular weight excluding hydrogens is 216 g/mol. The first-order valence-electron chi connectivity index (χ1n) is 6.77. The highest BCUT2D eigenvalue weighted by atomic mass is 16.5. The Morgan fingerprint density at radius 2 is 1.88 bits per heavy atom. The molecule has 2 rings (SSSR count). The van der Waals surface area contributed by atoms with Crippen molar-refractivity contribution >= 4 is 5.91 Å². The minimum atomic E-state index is 0.134. The van der Waals surface area contributed by atoms with Crippen molar-refractivity contribution in [2.45, 2.75) is 32.8 Å². The molecule has 4 nitrogen and oxygen atoms in total. The third kappa shape index (κ3) is 4.28. The largest absolute Gasteiger partial charge is 0.369 e. The van der Waals surface area contributed by atoms with Crippen LogP contribution in [0.1, 0.15) is 26.7 Å². The van der Waals surface area contributed by atoms with Crippen molar-refractivity contribution < 1.29 is 9.53 Å². The maximum Gasteiger partial charge on any atom is 0.248 e. The summed E-state index contributed by atoms with van der Waals surface area (Å²) in [6, 6.07) is 0. The smallest absolute Gasteiger partial charge is 0.248 e. The van der Waals surface area contributed by atoms with E-state index >= 15 is 0 Å². The van der Waals surface area contributed by atoms with Gasteiger partial charge in [0, 0.05) is 32.7 Å². The fourth-order valence-corrected chi connectivity index (χ4v) is 2.17. The van der Waals surface area contributed by atoms with Gasteiger partial charge >= 0.3 is 0 Å². The lowest BCUT2D eigenvalue weighted by atomic mass is 10.3. The Balaban J connectivity index is 1.64. The Morgan fingerprint density at radius 3 is 2.41 bits per heavy atom. The first-order valence-corrected chi connectivity index (χ1v) is 6.77. The van der Waals surface area contributed by atoms with Crippen molar-refractivity contribution in [3.8, 4) is 0 Å². The van der Waals surface area contributed by atoms with Crippen LogP contribution in [0.4, 0.5) is 0 Å². The molecule has 17 heavy (non-hydrogen) atoms. The maximum atomic E-state index is 11.8. The van der Waals surface area contributed by atoms with E-state index in [1.165, 1.54) is 19.4 Å². The number of carbonyl (C=O) groups is 1. The summed E-state index contributed by atoms with van der Waals surface area (Å²) in [6.45, 7) is 9.19. The van der Waals surface area contributed by atoms with E-state index < -0.39 is 0 Å². The summed E-state index contributed by atoms with van der Waals surface area (Å²) < 4.78 is 5.35. The van der Waals surface area contributed by atoms with Crippen molar-refractivity contribution in [2.24, 2.45) is 5.92 Å². The minimum Gasteiger partial charge on any atom is -0.369 e. The zero-order valence-corrected chi connectivity index (χ0v) is 11.0. The second kappa shape index (κ2) is 5.83. The lowest BCUT2D eigenvalue weighted by Gasteiger charge is -2.34. The van der Waals surface area contributed by atoms with Gasteiger partial charge in [-0.05, 0) is 32.6 Å². The van der Waals surface area contributed by atoms with Crippen LogP contribution in [0.2, 0.25) is 0 Å². The van der Waals surface area contributed by atoms with E-state index in [-0.39, 0.29) is 18.6 Å². The number of piperazine rings is 1. The van der Waals surface area contributed by atoms with Gasteiger partial charge in [-0.15, -0.1) is 0 Å². The fourth-order valence-electron chi connectivity index (χ4n) is 2.17. The van der Waals surface area contributed by atoms with E-state index in [0.29, 0.717) is 0 Å². The molecule has 1 aliphatic heterocycles. The number of ether oxygens (including phenoxy) is 1. The van der Waals surface area contributed by atoms with Gasteiger partial charge < -0.3 is 9.64 Å². The molecule has 2 fully saturated rings. The number of hydrogen-bond donors (Lipinski definition) is 0. The molecule has 0 aromatic rings. The zero-order chi connectivity index (χ0) is 12.3. The van der Waals surface area contributed by atoms with Gasteiger partial charge in [-0.2, -0.15) is 0 Å². The molecule has 0 aromatic carbocycles. The summed E-state index contributed by atoms with van der Waals surface area (Å²) >= 11 is 0. The monoisotopic (exact) mass is 240 g/mol. The quantitative estimate of drug-likeness (QED) is 0.718. The van der Waals surface area contributed by atoms with Crippen LogP contribution in [-0.4, -0.2) is 61.1 Å². The van der Waals surface area contributed by atoms with Crippen LogP contribution in [-0.2, 0) is 9.53 Å². The summed E-state index contributed by atoms with van der Waals surface area (Å²) in [5.74, 6) is 1.09. The molecule has 0 N–H and O–H groups in total. The molecule has 1 aliphatic carbocycles. The second-order valence-corrected chi connectivity index (χ2v) is 5.48. The van der Waals surface area contributed by atoms with Gasteiger partial charge in [0.2, 0.25) is 5.91 Å². The number of rotatable bonds is 5. The van der Waals surface area contributed by atoms with Crippen LogP contribution in [0.15, 0.2) is 0 Å². The Hall–Kier alpha value is -0.610. The third-order valence-corrected chi connectivity index (χ3v) is 3.48. The van der Waals surface area contributed by atoms with Crippen molar-refractivity contribution in [2.75, 3.05) is 39.3 Å². The van der Waals surface area contributed by atoms with Gasteiger partial charge in [0.25, 0.3) is 0 Å². The SMILES string of the molecule is CC(C)OCC(=O)N1CCN(CC2CC2)CC1. The molecule has 0 aromatic heterocycles. The molecule has 1 saturated carbocycles. The molecule has 0 radical (unpaired) electrons. The Kier molecular flexibility index (Phi) is 4.40. The van der Waals surface area contributed by atoms with Gasteiger partial charge in [-0.1, -0.05) is 0 Å². The van der Waals surface area contributed by atoms with E-state index in [1.54, 1.807) is 0 Å². The highest BCUT2D eigenvalue weighted by Gasteiger charge is 2.27. The van der Waals surface area contributed by atoms with E-state index in [0.717, 1.165) is 32.1 Å². The van der Waals surface area contributed by atoms with Crippen LogP contribution < -0.4 is 0 Å². The van der Waals surface area contributed by atoms with Crippen molar-refractivity contribution in [3.05, 3.63) is 0 Å². The van der Waals surface area contributed by atoms with Gasteiger partial charge in [-0.25, -0.2) is 0 Å². The summed E-state index contributed by atoms with van der Waals surface area (Å²) in [5.41, 5.74) is 0. The molecule has 0 atom stereocenters. The molecule has 0 unspecified atom stereocenters. The molecular formula is C13H24N2O2. The van der Waals surface area contributed by atoms with Crippen LogP contribution in [0, 0.1) is 5.92 Å². The first kappa shape index (κ1) is 12.8. The van der Waals surface area contributed by atoms with E-state index in [2.05, 4.69) is 4.90 Å². The Labute approximate surface area is 104 Å². The van der Waals surface area contributed by atoms with E-state index in [4.69, 9.17) is 4.74 Å². The standard InChI is InChI=1S/C13H24N2O2/c1-11(2)17-10-13(16)15-7-5-14(6-8-15)9-12-3-4-12/h11-12H,3-10H2,1-2H3. The van der Waals surface area contributed by atoms with Crippen LogP contribution in [0.3, 0.4) is 0 Å². The summed E-state index contributed by atoms with van der Waals surface area (Å²) in [6.07, 6.45) is 2.94. The highest BCUT2D eigenvalue weighted by Crippen LogP contribution is 2.29. The first-order chi connectivity index (χ1) is 8.15. The average molecular weight is 240 g/mol. The minimum absolute atomic E-state index is 0.134. The number of amides is 1. The molecule has 4 heteroatoms. The molecule has 1 amide bonds. The normalized spacial score (nSPS) is 22.2. The van der Waals surface area contributed by atoms with Crippen molar-refractivity contribution in [1.82, 2.24) is 9.80 Å². The highest BCUT2D eigenvalue weighted by molar-refractivity contribution is 5.77. The van der Waals surface area contributed by atoms with Crippen LogP contribution >= 0.6 is 0 Å². The van der Waals surface area contributed by atoms with Gasteiger partial charge in [0.1, 0.15) is 6.61 Å². The number of carbonyl (C=O) groups excluding carboxylic acids is 1. The maximum absolute atomic E-state index is 11.8. The predicted octanol–water partition coefficient (Wildman–Crippen LogP) is 0.966. The second-order valence-electron chi connectivity index (χ2n) is 5.48. The predicted molar refractivity (Wildman–Crippen MR) is 66.8 cm³/mol. The number of hydrogen-bond acceptors (Lipinski definition) is 3. The lowest BCUT2D eigenvalue weighted by molar-refractivity contribution is -0.139. The van der Waals surface area contributed by atoms with Crippen LogP contribution in [0.25, 0.3) is 0 Å². The number of nitrogens with zero attached hydrogens (tertiary/aromatic N) is 2. The van der Waals surface area contributed by atoms with Gasteiger partial charge in [-0.3, -0.25) is 9.69 Å². The molecule has 2 aliphatic rings. The Morgan fingerprint density at radius 1 is 1.24 bits per heavy atom. The lowest BCUT2D eigenvalue weighted by Crippen LogP contribution is -2.50. The Bertz CT molecular complexity index is 256. The summed E-state index contributed by atoms with van der Waals surface area (Å²) in [5, 5.41) is 0. The summed E-state index contributed by atoms with van der Waals surface area (Å²) in [7, 11) is 0. The van der Waals surface area contributed by atoms with E-state index in [9.17, 15) is 4.79 Å². The molecule has 0 bridgehead atoms. The van der Waals surface area contributed by atoms with E-state index in [1.807, 2.05) is 18.7 Å².